The molecule has 198 valence electrons. The SMILES string of the molecule is CCCN(CCCO)C(=O)C1=Cc2ccc(-c3ccc(CC(=O)OCN(C)CC)cc3)cc2N=C(N)C1. The van der Waals surface area contributed by atoms with Crippen LogP contribution in [0.15, 0.2) is 53.0 Å². The molecule has 0 spiro atoms. The van der Waals surface area contributed by atoms with Crippen LogP contribution in [0.3, 0.4) is 0 Å². The summed E-state index contributed by atoms with van der Waals surface area (Å²) in [5.41, 5.74) is 11.2. The highest BCUT2D eigenvalue weighted by Gasteiger charge is 2.21. The number of carbonyl (C=O) groups excluding carboxylic acids is 2. The molecule has 0 bridgehead atoms. The van der Waals surface area contributed by atoms with Gasteiger partial charge in [-0.1, -0.05) is 50.2 Å². The van der Waals surface area contributed by atoms with Crippen LogP contribution in [-0.2, 0) is 20.7 Å². The number of aliphatic hydroxyl groups is 1. The summed E-state index contributed by atoms with van der Waals surface area (Å²) >= 11 is 0. The fraction of sp³-hybridized carbons (Fsp3) is 0.414. The van der Waals surface area contributed by atoms with Crippen LogP contribution in [0, 0.1) is 0 Å². The lowest BCUT2D eigenvalue weighted by molar-refractivity contribution is -0.147. The topological polar surface area (TPSA) is 108 Å². The van der Waals surface area contributed by atoms with Gasteiger partial charge in [0.05, 0.1) is 12.1 Å². The summed E-state index contributed by atoms with van der Waals surface area (Å²) in [6.07, 6.45) is 3.75. The third-order valence-corrected chi connectivity index (χ3v) is 6.26. The molecule has 37 heavy (non-hydrogen) atoms. The normalized spacial score (nSPS) is 12.9. The fourth-order valence-electron chi connectivity index (χ4n) is 4.06. The van der Waals surface area contributed by atoms with Crippen molar-refractivity contribution in [2.75, 3.05) is 40.0 Å². The lowest BCUT2D eigenvalue weighted by Gasteiger charge is -2.23. The smallest absolute Gasteiger partial charge is 0.311 e. The Morgan fingerprint density at radius 2 is 1.81 bits per heavy atom. The number of nitrogens with two attached hydrogens (primary N) is 1. The van der Waals surface area contributed by atoms with E-state index < -0.39 is 0 Å². The molecule has 3 rings (SSSR count). The molecule has 8 nitrogen and oxygen atoms in total. The van der Waals surface area contributed by atoms with Gasteiger partial charge in [-0.2, -0.15) is 0 Å². The zero-order chi connectivity index (χ0) is 26.8. The highest BCUT2D eigenvalue weighted by molar-refractivity contribution is 6.05. The van der Waals surface area contributed by atoms with Gasteiger partial charge in [0.25, 0.3) is 0 Å². The van der Waals surface area contributed by atoms with Crippen molar-refractivity contribution in [3.8, 4) is 11.1 Å². The predicted octanol–water partition coefficient (Wildman–Crippen LogP) is 3.75. The molecule has 1 aliphatic rings. The van der Waals surface area contributed by atoms with E-state index in [0.717, 1.165) is 35.2 Å². The van der Waals surface area contributed by atoms with Crippen molar-refractivity contribution in [1.82, 2.24) is 9.80 Å². The van der Waals surface area contributed by atoms with Crippen molar-refractivity contribution in [2.45, 2.75) is 39.5 Å². The minimum atomic E-state index is -0.256. The van der Waals surface area contributed by atoms with Crippen LogP contribution in [0.25, 0.3) is 17.2 Å². The summed E-state index contributed by atoms with van der Waals surface area (Å²) in [6, 6.07) is 13.7. The molecule has 0 atom stereocenters. The summed E-state index contributed by atoms with van der Waals surface area (Å²) in [5.74, 6) is 0.0615. The first-order valence-corrected chi connectivity index (χ1v) is 12.9. The van der Waals surface area contributed by atoms with Crippen molar-refractivity contribution in [3.63, 3.8) is 0 Å². The third-order valence-electron chi connectivity index (χ3n) is 6.26. The lowest BCUT2D eigenvalue weighted by atomic mass is 9.99. The number of fused-ring (bicyclic) bond motifs is 1. The van der Waals surface area contributed by atoms with Crippen molar-refractivity contribution < 1.29 is 19.4 Å². The Morgan fingerprint density at radius 3 is 2.49 bits per heavy atom. The Morgan fingerprint density at radius 1 is 1.08 bits per heavy atom. The number of nitrogens with zero attached hydrogens (tertiary/aromatic N) is 3. The third kappa shape index (κ3) is 8.00. The van der Waals surface area contributed by atoms with Crippen LogP contribution in [0.2, 0.25) is 0 Å². The first-order chi connectivity index (χ1) is 17.8. The number of rotatable bonds is 12. The number of amidine groups is 1. The average Bonchev–Trinajstić information content (AvgIpc) is 3.07. The van der Waals surface area contributed by atoms with Gasteiger partial charge < -0.3 is 20.5 Å². The molecular formula is C29H38N4O4. The van der Waals surface area contributed by atoms with E-state index in [1.807, 2.05) is 74.3 Å². The fourth-order valence-corrected chi connectivity index (χ4v) is 4.06. The second-order valence-electron chi connectivity index (χ2n) is 9.28. The Kier molecular flexibility index (Phi) is 10.4. The predicted molar refractivity (Wildman–Crippen MR) is 147 cm³/mol. The van der Waals surface area contributed by atoms with Crippen LogP contribution in [-0.4, -0.2) is 72.6 Å². The van der Waals surface area contributed by atoms with E-state index in [9.17, 15) is 14.7 Å². The first kappa shape index (κ1) is 28.1. The molecule has 0 radical (unpaired) electrons. The van der Waals surface area contributed by atoms with Crippen molar-refractivity contribution in [2.24, 2.45) is 10.7 Å². The number of benzene rings is 2. The number of carbonyl (C=O) groups is 2. The summed E-state index contributed by atoms with van der Waals surface area (Å²) in [5, 5.41) is 9.20. The quantitative estimate of drug-likeness (QED) is 0.335. The zero-order valence-corrected chi connectivity index (χ0v) is 22.1. The van der Waals surface area contributed by atoms with E-state index in [1.54, 1.807) is 4.90 Å². The molecule has 0 fully saturated rings. The van der Waals surface area contributed by atoms with E-state index in [2.05, 4.69) is 4.99 Å². The van der Waals surface area contributed by atoms with E-state index in [0.29, 0.717) is 36.6 Å². The summed E-state index contributed by atoms with van der Waals surface area (Å²) < 4.78 is 5.29. The Labute approximate surface area is 219 Å². The molecule has 0 unspecified atom stereocenters. The van der Waals surface area contributed by atoms with Gasteiger partial charge >= 0.3 is 5.97 Å². The molecule has 1 heterocycles. The van der Waals surface area contributed by atoms with Gasteiger partial charge in [0, 0.05) is 37.3 Å². The van der Waals surface area contributed by atoms with Crippen LogP contribution in [0.4, 0.5) is 5.69 Å². The highest BCUT2D eigenvalue weighted by Crippen LogP contribution is 2.32. The molecule has 1 amide bonds. The van der Waals surface area contributed by atoms with Gasteiger partial charge in [0.1, 0.15) is 12.6 Å². The second-order valence-corrected chi connectivity index (χ2v) is 9.28. The van der Waals surface area contributed by atoms with Gasteiger partial charge in [-0.15, -0.1) is 0 Å². The van der Waals surface area contributed by atoms with Crippen LogP contribution < -0.4 is 5.73 Å². The van der Waals surface area contributed by atoms with Crippen LogP contribution in [0.5, 0.6) is 0 Å². The van der Waals surface area contributed by atoms with Crippen LogP contribution >= 0.6 is 0 Å². The van der Waals surface area contributed by atoms with Crippen molar-refractivity contribution in [3.05, 3.63) is 59.2 Å². The molecule has 3 N–H and O–H groups in total. The zero-order valence-electron chi connectivity index (χ0n) is 22.1. The lowest BCUT2D eigenvalue weighted by Crippen LogP contribution is -2.35. The monoisotopic (exact) mass is 506 g/mol. The van der Waals surface area contributed by atoms with E-state index in [-0.39, 0.29) is 38.1 Å². The number of hydrogen-bond acceptors (Lipinski definition) is 7. The highest BCUT2D eigenvalue weighted by atomic mass is 16.5. The van der Waals surface area contributed by atoms with Gasteiger partial charge in [-0.05, 0) is 55.3 Å². The Hall–Kier alpha value is -3.49. The molecule has 0 saturated heterocycles. The van der Waals surface area contributed by atoms with E-state index >= 15 is 0 Å². The number of amides is 1. The molecule has 2 aromatic carbocycles. The number of aliphatic hydroxyl groups excluding tert-OH is 1. The molecule has 1 aliphatic heterocycles. The molecule has 0 aromatic heterocycles. The van der Waals surface area contributed by atoms with Crippen molar-refractivity contribution in [1.29, 1.82) is 0 Å². The van der Waals surface area contributed by atoms with Gasteiger partial charge in [-0.3, -0.25) is 14.5 Å². The average molecular weight is 507 g/mol. The minimum absolute atomic E-state index is 0.0450. The largest absolute Gasteiger partial charge is 0.449 e. The second kappa shape index (κ2) is 13.7. The molecule has 0 saturated carbocycles. The minimum Gasteiger partial charge on any atom is -0.449 e. The maximum atomic E-state index is 13.2. The first-order valence-electron chi connectivity index (χ1n) is 12.9. The van der Waals surface area contributed by atoms with Gasteiger partial charge in [-0.25, -0.2) is 4.99 Å². The van der Waals surface area contributed by atoms with Gasteiger partial charge in [0.15, 0.2) is 0 Å². The standard InChI is InChI=1S/C29H38N4O4/c1-4-13-33(14-6-15-34)29(36)25-17-24-12-11-23(18-26(24)31-27(30)19-25)22-9-7-21(8-10-22)16-28(35)37-20-32(3)5-2/h7-12,17-18,34H,4-6,13-16,19-20H2,1-3H3,(H2,30,31). The summed E-state index contributed by atoms with van der Waals surface area (Å²) in [6.45, 7) is 6.31. The number of hydrogen-bond donors (Lipinski definition) is 2. The summed E-state index contributed by atoms with van der Waals surface area (Å²) in [4.78, 5) is 33.6. The molecular weight excluding hydrogens is 468 g/mol. The molecule has 0 aliphatic carbocycles. The summed E-state index contributed by atoms with van der Waals surface area (Å²) in [7, 11) is 1.90. The maximum absolute atomic E-state index is 13.2. The molecule has 2 aromatic rings. The number of aliphatic imine (C=N–C) groups is 1. The Balaban J connectivity index is 1.77. The van der Waals surface area contributed by atoms with Crippen LogP contribution in [0.1, 0.15) is 44.2 Å². The van der Waals surface area contributed by atoms with Crippen molar-refractivity contribution >= 4 is 29.5 Å². The molecule has 8 heteroatoms. The number of esters is 1. The van der Waals surface area contributed by atoms with Gasteiger partial charge in [0.2, 0.25) is 5.91 Å². The van der Waals surface area contributed by atoms with E-state index in [1.165, 1.54) is 0 Å². The number of ether oxygens (including phenoxy) is 1. The van der Waals surface area contributed by atoms with E-state index in [4.69, 9.17) is 10.5 Å². The Bertz CT molecular complexity index is 1140. The maximum Gasteiger partial charge on any atom is 0.311 e.